The highest BCUT2D eigenvalue weighted by Gasteiger charge is 2.59. The van der Waals surface area contributed by atoms with Gasteiger partial charge in [-0.3, -0.25) is 4.79 Å². The van der Waals surface area contributed by atoms with Crippen LogP contribution in [0.4, 0.5) is 0 Å². The Bertz CT molecular complexity index is 512. The first-order valence-corrected chi connectivity index (χ1v) is 11.6. The van der Waals surface area contributed by atoms with Crippen LogP contribution >= 0.6 is 0 Å². The summed E-state index contributed by atoms with van der Waals surface area (Å²) in [7, 11) is -1.89. The summed E-state index contributed by atoms with van der Waals surface area (Å²) < 4.78 is 29.5. The van der Waals surface area contributed by atoms with Crippen LogP contribution in [0.1, 0.15) is 34.6 Å². The van der Waals surface area contributed by atoms with E-state index in [9.17, 15) is 4.79 Å². The summed E-state index contributed by atoms with van der Waals surface area (Å²) in [5.41, 5.74) is 0. The lowest BCUT2D eigenvalue weighted by atomic mass is 9.94. The molecule has 0 aromatic heterocycles. The lowest BCUT2D eigenvalue weighted by molar-refractivity contribution is -0.225. The third-order valence-corrected chi connectivity index (χ3v) is 10.1. The maximum absolute atomic E-state index is 12.8. The summed E-state index contributed by atoms with van der Waals surface area (Å²) in [5.74, 6) is -0.939. The molecular formula is C17H30O6Si. The predicted octanol–water partition coefficient (Wildman–Crippen LogP) is 2.47. The van der Waals surface area contributed by atoms with Gasteiger partial charge in [-0.05, 0) is 32.0 Å². The molecule has 3 aliphatic rings. The maximum Gasteiger partial charge on any atom is 0.192 e. The Labute approximate surface area is 145 Å². The van der Waals surface area contributed by atoms with Crippen LogP contribution in [-0.4, -0.2) is 57.7 Å². The van der Waals surface area contributed by atoms with Crippen LogP contribution in [0, 0.1) is 5.92 Å². The molecule has 3 saturated heterocycles. The van der Waals surface area contributed by atoms with Gasteiger partial charge in [-0.25, -0.2) is 0 Å². The number of Topliss-reactive ketones (excluding diaryl/α,β-unsaturated/α-hetero) is 1. The van der Waals surface area contributed by atoms with Gasteiger partial charge < -0.3 is 23.4 Å². The number of carbonyl (C=O) groups is 1. The van der Waals surface area contributed by atoms with Gasteiger partial charge in [-0.1, -0.05) is 20.8 Å². The summed E-state index contributed by atoms with van der Waals surface area (Å²) in [6.07, 6.45) is -1.86. The van der Waals surface area contributed by atoms with E-state index in [2.05, 4.69) is 33.9 Å². The standard InChI is InChI=1S/C17H30O6Si/c1-16(2,3)24(6,7)20-9-10-8-19-13-12(11(10)18)21-15-14(13)22-17(4,5)23-15/h10,12-15H,8-9H2,1-7H3/t10-,12-,13+,14-,15-/m1/s1. The molecule has 24 heavy (non-hydrogen) atoms. The monoisotopic (exact) mass is 358 g/mol. The van der Waals surface area contributed by atoms with Crippen molar-refractivity contribution in [3.8, 4) is 0 Å². The Morgan fingerprint density at radius 2 is 1.88 bits per heavy atom. The number of fused-ring (bicyclic) bond motifs is 3. The second-order valence-electron chi connectivity index (χ2n) is 8.99. The molecule has 0 bridgehead atoms. The lowest BCUT2D eigenvalue weighted by Gasteiger charge is -2.38. The van der Waals surface area contributed by atoms with Gasteiger partial charge in [0.25, 0.3) is 0 Å². The Hall–Kier alpha value is -0.313. The molecule has 3 rings (SSSR count). The molecule has 0 radical (unpaired) electrons. The minimum atomic E-state index is -1.89. The van der Waals surface area contributed by atoms with E-state index in [1.54, 1.807) is 0 Å². The van der Waals surface area contributed by atoms with Crippen molar-refractivity contribution in [1.82, 2.24) is 0 Å². The normalized spacial score (nSPS) is 39.0. The number of ether oxygens (including phenoxy) is 4. The second kappa shape index (κ2) is 5.86. The van der Waals surface area contributed by atoms with Gasteiger partial charge in [0.15, 0.2) is 26.2 Å². The molecular weight excluding hydrogens is 328 g/mol. The fourth-order valence-electron chi connectivity index (χ4n) is 3.09. The number of hydrogen-bond acceptors (Lipinski definition) is 6. The molecule has 138 valence electrons. The Balaban J connectivity index is 1.61. The number of ketones is 1. The van der Waals surface area contributed by atoms with Crippen molar-refractivity contribution in [2.24, 2.45) is 5.92 Å². The van der Waals surface area contributed by atoms with E-state index in [1.165, 1.54) is 0 Å². The zero-order valence-electron chi connectivity index (χ0n) is 15.8. The van der Waals surface area contributed by atoms with Crippen LogP contribution in [0.15, 0.2) is 0 Å². The molecule has 3 fully saturated rings. The summed E-state index contributed by atoms with van der Waals surface area (Å²) >= 11 is 0. The minimum Gasteiger partial charge on any atom is -0.416 e. The molecule has 3 heterocycles. The van der Waals surface area contributed by atoms with E-state index in [0.717, 1.165) is 0 Å². The van der Waals surface area contributed by atoms with Gasteiger partial charge in [0.2, 0.25) is 0 Å². The van der Waals surface area contributed by atoms with E-state index in [-0.39, 0.29) is 28.9 Å². The van der Waals surface area contributed by atoms with Crippen molar-refractivity contribution in [3.05, 3.63) is 0 Å². The molecule has 0 saturated carbocycles. The largest absolute Gasteiger partial charge is 0.416 e. The van der Waals surface area contributed by atoms with Crippen LogP contribution < -0.4 is 0 Å². The second-order valence-corrected chi connectivity index (χ2v) is 13.8. The van der Waals surface area contributed by atoms with E-state index in [4.69, 9.17) is 23.4 Å². The fraction of sp³-hybridized carbons (Fsp3) is 0.941. The van der Waals surface area contributed by atoms with Crippen molar-refractivity contribution in [3.63, 3.8) is 0 Å². The molecule has 0 unspecified atom stereocenters. The molecule has 3 aliphatic heterocycles. The third kappa shape index (κ3) is 3.22. The number of carbonyl (C=O) groups excluding carboxylic acids is 1. The molecule has 0 amide bonds. The zero-order valence-corrected chi connectivity index (χ0v) is 16.8. The van der Waals surface area contributed by atoms with Crippen LogP contribution in [0.25, 0.3) is 0 Å². The van der Waals surface area contributed by atoms with E-state index < -0.39 is 26.5 Å². The molecule has 5 atom stereocenters. The summed E-state index contributed by atoms with van der Waals surface area (Å²) in [6.45, 7) is 15.3. The SMILES string of the molecule is CC1(C)O[C@H]2O[C@@H]3C(=O)[C@@H](CO[Si](C)(C)C(C)(C)C)CO[C@@H]3[C@H]2O1. The van der Waals surface area contributed by atoms with Crippen LogP contribution in [0.3, 0.4) is 0 Å². The number of hydrogen-bond donors (Lipinski definition) is 0. The topological polar surface area (TPSA) is 63.2 Å². The average molecular weight is 359 g/mol. The Morgan fingerprint density at radius 1 is 1.21 bits per heavy atom. The first-order valence-electron chi connectivity index (χ1n) is 8.72. The zero-order chi connectivity index (χ0) is 17.9. The highest BCUT2D eigenvalue weighted by atomic mass is 28.4. The average Bonchev–Trinajstić information content (AvgIpc) is 2.89. The predicted molar refractivity (Wildman–Crippen MR) is 90.1 cm³/mol. The Kier molecular flexibility index (Phi) is 4.51. The highest BCUT2D eigenvalue weighted by Crippen LogP contribution is 2.42. The van der Waals surface area contributed by atoms with Crippen LogP contribution in [-0.2, 0) is 28.2 Å². The van der Waals surface area contributed by atoms with Crippen molar-refractivity contribution >= 4 is 14.1 Å². The fourth-order valence-corrected chi connectivity index (χ4v) is 4.14. The first-order chi connectivity index (χ1) is 10.9. The summed E-state index contributed by atoms with van der Waals surface area (Å²) in [6, 6.07) is 0. The van der Waals surface area contributed by atoms with Gasteiger partial charge in [0.1, 0.15) is 18.3 Å². The van der Waals surface area contributed by atoms with Gasteiger partial charge in [0.05, 0.1) is 12.5 Å². The molecule has 0 aromatic rings. The summed E-state index contributed by atoms with van der Waals surface area (Å²) in [4.78, 5) is 12.8. The molecule has 0 spiro atoms. The van der Waals surface area contributed by atoms with Crippen molar-refractivity contribution in [2.75, 3.05) is 13.2 Å². The summed E-state index contributed by atoms with van der Waals surface area (Å²) in [5, 5.41) is 0.113. The van der Waals surface area contributed by atoms with Gasteiger partial charge in [-0.15, -0.1) is 0 Å². The molecule has 0 aromatic carbocycles. The van der Waals surface area contributed by atoms with Gasteiger partial charge >= 0.3 is 0 Å². The van der Waals surface area contributed by atoms with Crippen molar-refractivity contribution in [1.29, 1.82) is 0 Å². The highest BCUT2D eigenvalue weighted by molar-refractivity contribution is 6.74. The maximum atomic E-state index is 12.8. The number of rotatable bonds is 3. The van der Waals surface area contributed by atoms with Gasteiger partial charge in [-0.2, -0.15) is 0 Å². The third-order valence-electron chi connectivity index (χ3n) is 5.62. The van der Waals surface area contributed by atoms with E-state index >= 15 is 0 Å². The molecule has 6 nitrogen and oxygen atoms in total. The van der Waals surface area contributed by atoms with Crippen molar-refractivity contribution < 1.29 is 28.2 Å². The molecule has 0 N–H and O–H groups in total. The van der Waals surface area contributed by atoms with Crippen molar-refractivity contribution in [2.45, 2.75) is 83.1 Å². The first kappa shape index (κ1) is 18.5. The quantitative estimate of drug-likeness (QED) is 0.722. The van der Waals surface area contributed by atoms with Crippen LogP contribution in [0.2, 0.25) is 18.1 Å². The molecule has 7 heteroatoms. The van der Waals surface area contributed by atoms with Gasteiger partial charge in [0, 0.05) is 6.61 Å². The molecule has 0 aliphatic carbocycles. The lowest BCUT2D eigenvalue weighted by Crippen LogP contribution is -2.51. The minimum absolute atomic E-state index is 0.0457. The van der Waals surface area contributed by atoms with E-state index in [0.29, 0.717) is 13.2 Å². The Morgan fingerprint density at radius 3 is 2.50 bits per heavy atom. The van der Waals surface area contributed by atoms with Crippen LogP contribution in [0.5, 0.6) is 0 Å². The van der Waals surface area contributed by atoms with E-state index in [1.807, 2.05) is 13.8 Å². The smallest absolute Gasteiger partial charge is 0.192 e.